The van der Waals surface area contributed by atoms with E-state index in [4.69, 9.17) is 0 Å². The van der Waals surface area contributed by atoms with Crippen molar-refractivity contribution < 1.29 is 26.3 Å². The largest absolute Gasteiger partial charge is 0.416 e. The van der Waals surface area contributed by atoms with E-state index in [1.54, 1.807) is 18.2 Å². The highest BCUT2D eigenvalue weighted by molar-refractivity contribution is 5.36. The molecular weight excluding hydrogens is 318 g/mol. The van der Waals surface area contributed by atoms with Crippen LogP contribution >= 0.6 is 0 Å². The fourth-order valence-corrected chi connectivity index (χ4v) is 2.53. The lowest BCUT2D eigenvalue weighted by molar-refractivity contribution is -0.173. The van der Waals surface area contributed by atoms with Crippen molar-refractivity contribution in [2.24, 2.45) is 5.92 Å². The Morgan fingerprint density at radius 3 is 1.83 bits per heavy atom. The normalized spacial score (nSPS) is 15.3. The number of benzene rings is 2. The summed E-state index contributed by atoms with van der Waals surface area (Å²) in [4.78, 5) is 0. The molecule has 2 aromatic carbocycles. The van der Waals surface area contributed by atoms with Crippen LogP contribution in [-0.2, 0) is 6.18 Å². The third-order valence-corrected chi connectivity index (χ3v) is 3.75. The SMILES string of the molecule is CC(C(c1ccccc1)c1cccc(C(F)(F)F)c1)C(F)(F)F. The van der Waals surface area contributed by atoms with Gasteiger partial charge in [-0.05, 0) is 17.2 Å². The molecule has 6 heteroatoms. The van der Waals surface area contributed by atoms with Crippen LogP contribution in [0, 0.1) is 5.92 Å². The standard InChI is InChI=1S/C17H14F6/c1-11(16(18,19)20)15(12-6-3-2-4-7-12)13-8-5-9-14(10-13)17(21,22)23/h2-11,15H,1H3. The van der Waals surface area contributed by atoms with E-state index >= 15 is 0 Å². The predicted octanol–water partition coefficient (Wildman–Crippen LogP) is 6.04. The molecule has 2 aromatic rings. The summed E-state index contributed by atoms with van der Waals surface area (Å²) in [7, 11) is 0. The molecule has 0 heterocycles. The molecule has 0 aliphatic rings. The van der Waals surface area contributed by atoms with Gasteiger partial charge in [-0.25, -0.2) is 0 Å². The number of hydrogen-bond acceptors (Lipinski definition) is 0. The van der Waals surface area contributed by atoms with Crippen LogP contribution in [0.3, 0.4) is 0 Å². The van der Waals surface area contributed by atoms with Crippen LogP contribution in [0.5, 0.6) is 0 Å². The highest BCUT2D eigenvalue weighted by Crippen LogP contribution is 2.42. The first-order chi connectivity index (χ1) is 10.6. The Bertz CT molecular complexity index is 642. The molecule has 2 atom stereocenters. The van der Waals surface area contributed by atoms with Crippen LogP contribution in [0.1, 0.15) is 29.5 Å². The van der Waals surface area contributed by atoms with E-state index in [-0.39, 0.29) is 5.56 Å². The summed E-state index contributed by atoms with van der Waals surface area (Å²) in [6.45, 7) is 0.984. The van der Waals surface area contributed by atoms with Gasteiger partial charge in [0.25, 0.3) is 0 Å². The molecule has 23 heavy (non-hydrogen) atoms. The van der Waals surface area contributed by atoms with Gasteiger partial charge in [0, 0.05) is 5.92 Å². The van der Waals surface area contributed by atoms with Crippen molar-refractivity contribution in [3.8, 4) is 0 Å². The van der Waals surface area contributed by atoms with Crippen molar-refractivity contribution in [1.29, 1.82) is 0 Å². The number of halogens is 6. The molecule has 0 radical (unpaired) electrons. The lowest BCUT2D eigenvalue weighted by Gasteiger charge is -2.27. The Labute approximate surface area is 129 Å². The second kappa shape index (κ2) is 6.26. The van der Waals surface area contributed by atoms with Crippen LogP contribution in [0.2, 0.25) is 0 Å². The second-order valence-corrected chi connectivity index (χ2v) is 5.34. The Morgan fingerprint density at radius 2 is 1.30 bits per heavy atom. The number of alkyl halides is 6. The fraction of sp³-hybridized carbons (Fsp3) is 0.294. The lowest BCUT2D eigenvalue weighted by atomic mass is 9.81. The van der Waals surface area contributed by atoms with Gasteiger partial charge in [0.05, 0.1) is 11.5 Å². The smallest absolute Gasteiger partial charge is 0.171 e. The van der Waals surface area contributed by atoms with Crippen LogP contribution in [-0.4, -0.2) is 6.18 Å². The van der Waals surface area contributed by atoms with Gasteiger partial charge in [-0.15, -0.1) is 0 Å². The van der Waals surface area contributed by atoms with E-state index < -0.39 is 29.8 Å². The first-order valence-corrected chi connectivity index (χ1v) is 6.89. The molecule has 0 saturated carbocycles. The van der Waals surface area contributed by atoms with Crippen molar-refractivity contribution in [3.05, 3.63) is 71.3 Å². The average Bonchev–Trinajstić information content (AvgIpc) is 2.47. The first kappa shape index (κ1) is 17.4. The van der Waals surface area contributed by atoms with Gasteiger partial charge in [-0.2, -0.15) is 26.3 Å². The zero-order valence-corrected chi connectivity index (χ0v) is 12.1. The molecular formula is C17H14F6. The first-order valence-electron chi connectivity index (χ1n) is 6.89. The molecule has 124 valence electrons. The molecule has 0 spiro atoms. The molecule has 2 rings (SSSR count). The maximum absolute atomic E-state index is 13.2. The number of rotatable bonds is 3. The highest BCUT2D eigenvalue weighted by Gasteiger charge is 2.43. The van der Waals surface area contributed by atoms with E-state index in [1.165, 1.54) is 18.2 Å². The Kier molecular flexibility index (Phi) is 4.73. The van der Waals surface area contributed by atoms with Gasteiger partial charge in [-0.1, -0.05) is 55.5 Å². The maximum atomic E-state index is 13.2. The molecule has 0 aliphatic heterocycles. The van der Waals surface area contributed by atoms with Gasteiger partial charge in [0.2, 0.25) is 0 Å². The topological polar surface area (TPSA) is 0 Å². The molecule has 0 saturated heterocycles. The Hall–Kier alpha value is -1.98. The zero-order valence-electron chi connectivity index (χ0n) is 12.1. The van der Waals surface area contributed by atoms with Crippen LogP contribution in [0.4, 0.5) is 26.3 Å². The molecule has 0 amide bonds. The van der Waals surface area contributed by atoms with Gasteiger partial charge in [0.1, 0.15) is 0 Å². The summed E-state index contributed by atoms with van der Waals surface area (Å²) in [6, 6.07) is 11.8. The highest BCUT2D eigenvalue weighted by atomic mass is 19.4. The van der Waals surface area contributed by atoms with E-state index in [1.807, 2.05) is 0 Å². The monoisotopic (exact) mass is 332 g/mol. The van der Waals surface area contributed by atoms with Crippen molar-refractivity contribution in [1.82, 2.24) is 0 Å². The summed E-state index contributed by atoms with van der Waals surface area (Å²) in [5.74, 6) is -3.01. The molecule has 0 fully saturated rings. The van der Waals surface area contributed by atoms with E-state index in [0.29, 0.717) is 5.56 Å². The lowest BCUT2D eigenvalue weighted by Crippen LogP contribution is -2.27. The van der Waals surface area contributed by atoms with Gasteiger partial charge in [0.15, 0.2) is 0 Å². The average molecular weight is 332 g/mol. The van der Waals surface area contributed by atoms with E-state index in [9.17, 15) is 26.3 Å². The fourth-order valence-electron chi connectivity index (χ4n) is 2.53. The summed E-state index contributed by atoms with van der Waals surface area (Å²) in [5.41, 5.74) is -0.627. The molecule has 2 unspecified atom stereocenters. The van der Waals surface area contributed by atoms with E-state index in [2.05, 4.69) is 0 Å². The van der Waals surface area contributed by atoms with Crippen LogP contribution in [0.25, 0.3) is 0 Å². The second-order valence-electron chi connectivity index (χ2n) is 5.34. The molecule has 0 aliphatic carbocycles. The summed E-state index contributed by atoms with van der Waals surface area (Å²) >= 11 is 0. The van der Waals surface area contributed by atoms with Gasteiger partial charge < -0.3 is 0 Å². The predicted molar refractivity (Wildman–Crippen MR) is 74.9 cm³/mol. The summed E-state index contributed by atoms with van der Waals surface area (Å²) < 4.78 is 78.1. The van der Waals surface area contributed by atoms with Gasteiger partial charge >= 0.3 is 12.4 Å². The minimum atomic E-state index is -4.60. The van der Waals surface area contributed by atoms with Crippen LogP contribution in [0.15, 0.2) is 54.6 Å². The maximum Gasteiger partial charge on any atom is 0.416 e. The van der Waals surface area contributed by atoms with Crippen molar-refractivity contribution in [2.75, 3.05) is 0 Å². The minimum absolute atomic E-state index is 0.00384. The molecule has 0 N–H and O–H groups in total. The van der Waals surface area contributed by atoms with Gasteiger partial charge in [-0.3, -0.25) is 0 Å². The molecule has 0 nitrogen and oxygen atoms in total. The summed E-state index contributed by atoms with van der Waals surface area (Å²) in [5, 5.41) is 0. The summed E-state index contributed by atoms with van der Waals surface area (Å²) in [6.07, 6.45) is -9.12. The molecule has 0 aromatic heterocycles. The third-order valence-electron chi connectivity index (χ3n) is 3.75. The zero-order chi connectivity index (χ0) is 17.3. The third kappa shape index (κ3) is 4.06. The number of hydrogen-bond donors (Lipinski definition) is 0. The Morgan fingerprint density at radius 1 is 0.739 bits per heavy atom. The Balaban J connectivity index is 2.55. The van der Waals surface area contributed by atoms with Crippen molar-refractivity contribution in [2.45, 2.75) is 25.2 Å². The van der Waals surface area contributed by atoms with Crippen molar-refractivity contribution >= 4 is 0 Å². The minimum Gasteiger partial charge on any atom is -0.171 e. The molecule has 0 bridgehead atoms. The van der Waals surface area contributed by atoms with E-state index in [0.717, 1.165) is 25.1 Å². The van der Waals surface area contributed by atoms with Crippen molar-refractivity contribution in [3.63, 3.8) is 0 Å². The quantitative estimate of drug-likeness (QED) is 0.602. The van der Waals surface area contributed by atoms with Crippen LogP contribution < -0.4 is 0 Å².